The molecule has 0 bridgehead atoms. The number of rotatable bonds is 6. The van der Waals surface area contributed by atoms with E-state index >= 15 is 0 Å². The molecule has 1 fully saturated rings. The standard InChI is InChI=1S/C18H24N4O/c1-16(14-22-10-5-9-19-22)21-13-12-20(18(23)15-21)11-8-17-6-3-2-4-7-17/h2-7,9-10,16H,8,11-15H2,1H3/t16-/m0/s1. The number of nitrogens with zero attached hydrogens (tertiary/aromatic N) is 4. The van der Waals surface area contributed by atoms with E-state index in [1.54, 1.807) is 6.20 Å². The van der Waals surface area contributed by atoms with Gasteiger partial charge in [-0.3, -0.25) is 14.4 Å². The third-order valence-corrected chi connectivity index (χ3v) is 4.50. The Morgan fingerprint density at radius 2 is 2.00 bits per heavy atom. The highest BCUT2D eigenvalue weighted by atomic mass is 16.2. The summed E-state index contributed by atoms with van der Waals surface area (Å²) in [5.74, 6) is 0.236. The smallest absolute Gasteiger partial charge is 0.236 e. The Morgan fingerprint density at radius 3 is 2.70 bits per heavy atom. The van der Waals surface area contributed by atoms with Crippen molar-refractivity contribution in [2.75, 3.05) is 26.2 Å². The van der Waals surface area contributed by atoms with E-state index in [-0.39, 0.29) is 5.91 Å². The number of piperazine rings is 1. The number of amides is 1. The van der Waals surface area contributed by atoms with Crippen molar-refractivity contribution in [2.24, 2.45) is 0 Å². The maximum absolute atomic E-state index is 12.4. The first-order chi connectivity index (χ1) is 11.2. The molecule has 5 heteroatoms. The van der Waals surface area contributed by atoms with Gasteiger partial charge >= 0.3 is 0 Å². The van der Waals surface area contributed by atoms with E-state index < -0.39 is 0 Å². The summed E-state index contributed by atoms with van der Waals surface area (Å²) in [4.78, 5) is 16.6. The zero-order chi connectivity index (χ0) is 16.1. The molecule has 23 heavy (non-hydrogen) atoms. The average Bonchev–Trinajstić information content (AvgIpc) is 3.07. The van der Waals surface area contributed by atoms with Crippen molar-refractivity contribution in [3.63, 3.8) is 0 Å². The van der Waals surface area contributed by atoms with Crippen LogP contribution in [0.3, 0.4) is 0 Å². The second-order valence-corrected chi connectivity index (χ2v) is 6.16. The quantitative estimate of drug-likeness (QED) is 0.814. The Kier molecular flexibility index (Phi) is 5.08. The van der Waals surface area contributed by atoms with Gasteiger partial charge in [-0.1, -0.05) is 30.3 Å². The van der Waals surface area contributed by atoms with Gasteiger partial charge in [-0.25, -0.2) is 0 Å². The van der Waals surface area contributed by atoms with Crippen molar-refractivity contribution in [1.82, 2.24) is 19.6 Å². The van der Waals surface area contributed by atoms with Crippen LogP contribution in [0.5, 0.6) is 0 Å². The van der Waals surface area contributed by atoms with Crippen molar-refractivity contribution in [3.05, 3.63) is 54.4 Å². The fraction of sp³-hybridized carbons (Fsp3) is 0.444. The van der Waals surface area contributed by atoms with Crippen LogP contribution in [0.1, 0.15) is 12.5 Å². The van der Waals surface area contributed by atoms with Crippen LogP contribution in [0.2, 0.25) is 0 Å². The second-order valence-electron chi connectivity index (χ2n) is 6.16. The summed E-state index contributed by atoms with van der Waals surface area (Å²) in [6, 6.07) is 12.6. The van der Waals surface area contributed by atoms with Crippen molar-refractivity contribution in [1.29, 1.82) is 0 Å². The molecule has 3 rings (SSSR count). The molecule has 1 atom stereocenters. The largest absolute Gasteiger partial charge is 0.340 e. The van der Waals surface area contributed by atoms with Crippen LogP contribution >= 0.6 is 0 Å². The molecular formula is C18H24N4O. The monoisotopic (exact) mass is 312 g/mol. The first kappa shape index (κ1) is 15.7. The number of carbonyl (C=O) groups excluding carboxylic acids is 1. The molecule has 1 amide bonds. The van der Waals surface area contributed by atoms with Crippen LogP contribution in [-0.2, 0) is 17.8 Å². The Morgan fingerprint density at radius 1 is 1.17 bits per heavy atom. The summed E-state index contributed by atoms with van der Waals surface area (Å²) in [7, 11) is 0. The molecule has 122 valence electrons. The molecule has 5 nitrogen and oxygen atoms in total. The number of carbonyl (C=O) groups is 1. The van der Waals surface area contributed by atoms with Crippen LogP contribution in [0.15, 0.2) is 48.8 Å². The molecule has 1 aromatic heterocycles. The number of benzene rings is 1. The second kappa shape index (κ2) is 7.42. The van der Waals surface area contributed by atoms with E-state index in [4.69, 9.17) is 0 Å². The summed E-state index contributed by atoms with van der Waals surface area (Å²) in [5, 5.41) is 4.24. The van der Waals surface area contributed by atoms with E-state index in [0.29, 0.717) is 12.6 Å². The van der Waals surface area contributed by atoms with Gasteiger partial charge in [-0.2, -0.15) is 5.10 Å². The van der Waals surface area contributed by atoms with E-state index in [1.807, 2.05) is 40.0 Å². The maximum Gasteiger partial charge on any atom is 0.236 e. The molecule has 0 radical (unpaired) electrons. The predicted molar refractivity (Wildman–Crippen MR) is 90.0 cm³/mol. The molecular weight excluding hydrogens is 288 g/mol. The number of hydrogen-bond donors (Lipinski definition) is 0. The zero-order valence-electron chi connectivity index (χ0n) is 13.6. The van der Waals surface area contributed by atoms with Crippen LogP contribution in [0.4, 0.5) is 0 Å². The minimum Gasteiger partial charge on any atom is -0.340 e. The molecule has 2 heterocycles. The first-order valence-corrected chi connectivity index (χ1v) is 8.25. The van der Waals surface area contributed by atoms with Crippen molar-refractivity contribution in [2.45, 2.75) is 25.9 Å². The fourth-order valence-electron chi connectivity index (χ4n) is 3.04. The molecule has 1 aliphatic heterocycles. The zero-order valence-corrected chi connectivity index (χ0v) is 13.6. The molecule has 2 aromatic rings. The van der Waals surface area contributed by atoms with Gasteiger partial charge in [0.25, 0.3) is 0 Å². The van der Waals surface area contributed by atoms with Gasteiger partial charge in [-0.05, 0) is 25.0 Å². The van der Waals surface area contributed by atoms with E-state index in [9.17, 15) is 4.79 Å². The summed E-state index contributed by atoms with van der Waals surface area (Å²) in [6.07, 6.45) is 4.68. The van der Waals surface area contributed by atoms with Crippen molar-refractivity contribution < 1.29 is 4.79 Å². The van der Waals surface area contributed by atoms with E-state index in [0.717, 1.165) is 32.6 Å². The van der Waals surface area contributed by atoms with Crippen LogP contribution in [-0.4, -0.2) is 57.7 Å². The lowest BCUT2D eigenvalue weighted by molar-refractivity contribution is -0.137. The molecule has 0 spiro atoms. The normalized spacial score (nSPS) is 17.4. The number of aromatic nitrogens is 2. The molecule has 1 aliphatic rings. The van der Waals surface area contributed by atoms with Crippen LogP contribution in [0.25, 0.3) is 0 Å². The predicted octanol–water partition coefficient (Wildman–Crippen LogP) is 1.66. The SMILES string of the molecule is C[C@@H](Cn1cccn1)N1CCN(CCc2ccccc2)C(=O)C1. The van der Waals surface area contributed by atoms with Gasteiger partial charge in [0.1, 0.15) is 0 Å². The van der Waals surface area contributed by atoms with E-state index in [2.05, 4.69) is 29.1 Å². The average molecular weight is 312 g/mol. The molecule has 1 aromatic carbocycles. The first-order valence-electron chi connectivity index (χ1n) is 8.25. The molecule has 0 saturated carbocycles. The molecule has 0 aliphatic carbocycles. The molecule has 1 saturated heterocycles. The summed E-state index contributed by atoms with van der Waals surface area (Å²) < 4.78 is 1.93. The minimum atomic E-state index is 0.236. The Labute approximate surface area is 137 Å². The van der Waals surface area contributed by atoms with Gasteiger partial charge in [0.2, 0.25) is 5.91 Å². The van der Waals surface area contributed by atoms with Crippen molar-refractivity contribution in [3.8, 4) is 0 Å². The van der Waals surface area contributed by atoms with E-state index in [1.165, 1.54) is 5.56 Å². The van der Waals surface area contributed by atoms with Gasteiger partial charge in [0.15, 0.2) is 0 Å². The lowest BCUT2D eigenvalue weighted by Crippen LogP contribution is -2.54. The topological polar surface area (TPSA) is 41.4 Å². The summed E-state index contributed by atoms with van der Waals surface area (Å²) in [5.41, 5.74) is 1.29. The lowest BCUT2D eigenvalue weighted by Gasteiger charge is -2.37. The highest BCUT2D eigenvalue weighted by Gasteiger charge is 2.26. The minimum absolute atomic E-state index is 0.236. The molecule has 0 unspecified atom stereocenters. The maximum atomic E-state index is 12.4. The lowest BCUT2D eigenvalue weighted by atomic mass is 10.1. The number of hydrogen-bond acceptors (Lipinski definition) is 3. The van der Waals surface area contributed by atoms with Crippen LogP contribution in [0, 0.1) is 0 Å². The Hall–Kier alpha value is -2.14. The van der Waals surface area contributed by atoms with Gasteiger partial charge in [0.05, 0.1) is 13.1 Å². The molecule has 0 N–H and O–H groups in total. The van der Waals surface area contributed by atoms with Crippen molar-refractivity contribution >= 4 is 5.91 Å². The third kappa shape index (κ3) is 4.20. The van der Waals surface area contributed by atoms with Crippen LogP contribution < -0.4 is 0 Å². The van der Waals surface area contributed by atoms with Gasteiger partial charge < -0.3 is 4.90 Å². The summed E-state index contributed by atoms with van der Waals surface area (Å²) in [6.45, 7) is 6.05. The third-order valence-electron chi connectivity index (χ3n) is 4.50. The Bertz CT molecular complexity index is 611. The van der Waals surface area contributed by atoms with Gasteiger partial charge in [0, 0.05) is 38.1 Å². The fourth-order valence-corrected chi connectivity index (χ4v) is 3.04. The highest BCUT2D eigenvalue weighted by molar-refractivity contribution is 5.79. The summed E-state index contributed by atoms with van der Waals surface area (Å²) >= 11 is 0. The van der Waals surface area contributed by atoms with Gasteiger partial charge in [-0.15, -0.1) is 0 Å². The Balaban J connectivity index is 1.48. The highest BCUT2D eigenvalue weighted by Crippen LogP contribution is 2.10.